The summed E-state index contributed by atoms with van der Waals surface area (Å²) in [6.07, 6.45) is 0. The van der Waals surface area contributed by atoms with Crippen molar-refractivity contribution in [3.63, 3.8) is 0 Å². The number of rotatable bonds is 2. The van der Waals surface area contributed by atoms with E-state index in [-0.39, 0.29) is 23.2 Å². The average Bonchev–Trinajstić information content (AvgIpc) is 2.37. The standard InChI is InChI=1S/C14H12F3N/c1-8-2-4-11(14(17)13(8)16)10-5-3-9(7-18)6-12(10)15/h2-6H,7,18H2,1H3. The molecule has 2 N–H and O–H groups in total. The lowest BCUT2D eigenvalue weighted by Crippen LogP contribution is -1.99. The van der Waals surface area contributed by atoms with Crippen molar-refractivity contribution in [3.05, 3.63) is 58.9 Å². The molecule has 0 aliphatic carbocycles. The lowest BCUT2D eigenvalue weighted by atomic mass is 10.0. The molecule has 1 nitrogen and oxygen atoms in total. The molecule has 2 aromatic rings. The van der Waals surface area contributed by atoms with Crippen molar-refractivity contribution in [2.24, 2.45) is 5.73 Å². The van der Waals surface area contributed by atoms with Gasteiger partial charge in [0.2, 0.25) is 0 Å². The van der Waals surface area contributed by atoms with Gasteiger partial charge in [0.1, 0.15) is 5.82 Å². The molecule has 0 saturated heterocycles. The number of benzene rings is 2. The first kappa shape index (κ1) is 12.6. The fourth-order valence-electron chi connectivity index (χ4n) is 1.76. The lowest BCUT2D eigenvalue weighted by molar-refractivity contribution is 0.504. The highest BCUT2D eigenvalue weighted by Crippen LogP contribution is 2.28. The quantitative estimate of drug-likeness (QED) is 0.868. The van der Waals surface area contributed by atoms with Gasteiger partial charge in [-0.3, -0.25) is 0 Å². The van der Waals surface area contributed by atoms with Gasteiger partial charge in [-0.2, -0.15) is 0 Å². The third-order valence-electron chi connectivity index (χ3n) is 2.83. The highest BCUT2D eigenvalue weighted by atomic mass is 19.2. The van der Waals surface area contributed by atoms with Gasteiger partial charge in [0, 0.05) is 17.7 Å². The topological polar surface area (TPSA) is 26.0 Å². The van der Waals surface area contributed by atoms with Gasteiger partial charge in [-0.15, -0.1) is 0 Å². The Morgan fingerprint density at radius 2 is 1.61 bits per heavy atom. The first-order valence-electron chi connectivity index (χ1n) is 5.48. The van der Waals surface area contributed by atoms with Crippen LogP contribution in [-0.2, 0) is 6.54 Å². The Morgan fingerprint density at radius 3 is 2.22 bits per heavy atom. The Hall–Kier alpha value is -1.81. The van der Waals surface area contributed by atoms with E-state index in [9.17, 15) is 13.2 Å². The second-order valence-corrected chi connectivity index (χ2v) is 4.08. The van der Waals surface area contributed by atoms with E-state index < -0.39 is 17.5 Å². The van der Waals surface area contributed by atoms with Gasteiger partial charge < -0.3 is 5.73 Å². The van der Waals surface area contributed by atoms with E-state index in [1.807, 2.05) is 0 Å². The predicted octanol–water partition coefficient (Wildman–Crippen LogP) is 3.54. The van der Waals surface area contributed by atoms with Gasteiger partial charge in [0.25, 0.3) is 0 Å². The van der Waals surface area contributed by atoms with Crippen molar-refractivity contribution >= 4 is 0 Å². The largest absolute Gasteiger partial charge is 0.326 e. The molecule has 0 bridgehead atoms. The molecule has 0 fully saturated rings. The first-order valence-corrected chi connectivity index (χ1v) is 5.48. The number of aryl methyl sites for hydroxylation is 1. The van der Waals surface area contributed by atoms with E-state index in [0.29, 0.717) is 5.56 Å². The van der Waals surface area contributed by atoms with Crippen LogP contribution in [0.1, 0.15) is 11.1 Å². The van der Waals surface area contributed by atoms with Gasteiger partial charge in [0.15, 0.2) is 11.6 Å². The molecule has 0 spiro atoms. The van der Waals surface area contributed by atoms with Crippen LogP contribution in [0.25, 0.3) is 11.1 Å². The van der Waals surface area contributed by atoms with Crippen molar-refractivity contribution < 1.29 is 13.2 Å². The second kappa shape index (κ2) is 4.82. The zero-order valence-corrected chi connectivity index (χ0v) is 9.81. The third-order valence-corrected chi connectivity index (χ3v) is 2.83. The molecule has 0 radical (unpaired) electrons. The van der Waals surface area contributed by atoms with Gasteiger partial charge in [-0.1, -0.05) is 24.3 Å². The van der Waals surface area contributed by atoms with Crippen LogP contribution in [0, 0.1) is 24.4 Å². The molecule has 0 atom stereocenters. The summed E-state index contributed by atoms with van der Waals surface area (Å²) in [5.74, 6) is -2.59. The van der Waals surface area contributed by atoms with Crippen LogP contribution in [0.2, 0.25) is 0 Å². The number of nitrogens with two attached hydrogens (primary N) is 1. The van der Waals surface area contributed by atoms with Crippen molar-refractivity contribution in [2.75, 3.05) is 0 Å². The number of hydrogen-bond donors (Lipinski definition) is 1. The van der Waals surface area contributed by atoms with Crippen molar-refractivity contribution in [1.29, 1.82) is 0 Å². The smallest absolute Gasteiger partial charge is 0.167 e. The molecule has 2 aromatic carbocycles. The summed E-state index contributed by atoms with van der Waals surface area (Å²) in [7, 11) is 0. The zero-order chi connectivity index (χ0) is 13.3. The fraction of sp³-hybridized carbons (Fsp3) is 0.143. The van der Waals surface area contributed by atoms with Crippen molar-refractivity contribution in [1.82, 2.24) is 0 Å². The van der Waals surface area contributed by atoms with E-state index in [0.717, 1.165) is 0 Å². The maximum atomic E-state index is 13.8. The number of hydrogen-bond acceptors (Lipinski definition) is 1. The molecule has 0 amide bonds. The molecule has 0 heterocycles. The molecular weight excluding hydrogens is 239 g/mol. The van der Waals surface area contributed by atoms with E-state index in [4.69, 9.17) is 5.73 Å². The number of halogens is 3. The van der Waals surface area contributed by atoms with Crippen molar-refractivity contribution in [3.8, 4) is 11.1 Å². The minimum atomic E-state index is -1.03. The summed E-state index contributed by atoms with van der Waals surface area (Å²) in [6, 6.07) is 7.02. The van der Waals surface area contributed by atoms with Crippen LogP contribution in [0.5, 0.6) is 0 Å². The molecule has 0 aromatic heterocycles. The summed E-state index contributed by atoms with van der Waals surface area (Å²) in [5, 5.41) is 0. The minimum Gasteiger partial charge on any atom is -0.326 e. The van der Waals surface area contributed by atoms with Gasteiger partial charge >= 0.3 is 0 Å². The molecular formula is C14H12F3N. The van der Waals surface area contributed by atoms with Gasteiger partial charge in [-0.05, 0) is 24.1 Å². The Morgan fingerprint density at radius 1 is 0.944 bits per heavy atom. The van der Waals surface area contributed by atoms with Crippen LogP contribution in [-0.4, -0.2) is 0 Å². The monoisotopic (exact) mass is 251 g/mol. The highest BCUT2D eigenvalue weighted by molar-refractivity contribution is 5.65. The van der Waals surface area contributed by atoms with E-state index >= 15 is 0 Å². The summed E-state index contributed by atoms with van der Waals surface area (Å²) in [6.45, 7) is 1.65. The van der Waals surface area contributed by atoms with Crippen LogP contribution in [0.3, 0.4) is 0 Å². The Balaban J connectivity index is 2.59. The molecule has 0 aliphatic heterocycles. The Bertz CT molecular complexity index is 594. The summed E-state index contributed by atoms with van der Waals surface area (Å²) >= 11 is 0. The van der Waals surface area contributed by atoms with Gasteiger partial charge in [0.05, 0.1) is 0 Å². The predicted molar refractivity (Wildman–Crippen MR) is 64.4 cm³/mol. The van der Waals surface area contributed by atoms with Crippen LogP contribution in [0.15, 0.2) is 30.3 Å². The molecule has 94 valence electrons. The van der Waals surface area contributed by atoms with E-state index in [1.165, 1.54) is 31.2 Å². The molecule has 0 aliphatic rings. The lowest BCUT2D eigenvalue weighted by Gasteiger charge is -2.08. The van der Waals surface area contributed by atoms with Gasteiger partial charge in [-0.25, -0.2) is 13.2 Å². The Labute approximate surface area is 103 Å². The fourth-order valence-corrected chi connectivity index (χ4v) is 1.76. The summed E-state index contributed by atoms with van der Waals surface area (Å²) in [4.78, 5) is 0. The molecule has 0 saturated carbocycles. The Kier molecular flexibility index (Phi) is 3.39. The maximum Gasteiger partial charge on any atom is 0.167 e. The summed E-state index contributed by atoms with van der Waals surface area (Å²) < 4.78 is 41.0. The molecule has 0 unspecified atom stereocenters. The minimum absolute atomic E-state index is 0.0311. The van der Waals surface area contributed by atoms with E-state index in [1.54, 1.807) is 6.07 Å². The molecule has 2 rings (SSSR count). The molecule has 4 heteroatoms. The van der Waals surface area contributed by atoms with Crippen LogP contribution < -0.4 is 5.73 Å². The van der Waals surface area contributed by atoms with Crippen LogP contribution in [0.4, 0.5) is 13.2 Å². The highest BCUT2D eigenvalue weighted by Gasteiger charge is 2.15. The normalized spacial score (nSPS) is 10.7. The van der Waals surface area contributed by atoms with Crippen LogP contribution >= 0.6 is 0 Å². The van der Waals surface area contributed by atoms with E-state index in [2.05, 4.69) is 0 Å². The SMILES string of the molecule is Cc1ccc(-c2ccc(CN)cc2F)c(F)c1F. The first-order chi connectivity index (χ1) is 8.54. The summed E-state index contributed by atoms with van der Waals surface area (Å²) in [5.41, 5.74) is 6.12. The average molecular weight is 251 g/mol. The zero-order valence-electron chi connectivity index (χ0n) is 9.81. The third kappa shape index (κ3) is 2.11. The molecule has 18 heavy (non-hydrogen) atoms. The second-order valence-electron chi connectivity index (χ2n) is 4.08. The maximum absolute atomic E-state index is 13.8. The van der Waals surface area contributed by atoms with Crippen molar-refractivity contribution in [2.45, 2.75) is 13.5 Å².